The molecule has 0 aromatic heterocycles. The lowest BCUT2D eigenvalue weighted by Gasteiger charge is -2.46. The standard InChI is InChI=1S/C47H58O14/c1-45(2,3)44(50)57-40-38(53-26-30-19-13-9-14-20-30)36(52-25-29-17-11-8-12-18-29)33(27-51-35(49)24-23-32(48)31-21-15-10-16-22-31)55-42(40)54-28-34-37-39(59-46(4,5)58-37)41-43(56-34)61-47(6,7)60-41/h8-22,33-34,36-43H,23-28H2,1-7H3/t33-,34-,36-,37+,38+,39+,40-,41-,42-,43-/m1/s1. The van der Waals surface area contributed by atoms with E-state index in [4.69, 9.17) is 52.1 Å². The van der Waals surface area contributed by atoms with Crippen LogP contribution >= 0.6 is 0 Å². The smallest absolute Gasteiger partial charge is 0.311 e. The number of carbonyl (C=O) groups is 3. The van der Waals surface area contributed by atoms with E-state index in [1.54, 1.807) is 58.9 Å². The molecule has 0 spiro atoms. The van der Waals surface area contributed by atoms with E-state index < -0.39 is 90.3 Å². The Morgan fingerprint density at radius 2 is 1.15 bits per heavy atom. The molecule has 0 radical (unpaired) electrons. The molecule has 0 bridgehead atoms. The predicted octanol–water partition coefficient (Wildman–Crippen LogP) is 6.46. The van der Waals surface area contributed by atoms with Crippen LogP contribution in [0.3, 0.4) is 0 Å². The monoisotopic (exact) mass is 846 g/mol. The van der Waals surface area contributed by atoms with Gasteiger partial charge in [-0.15, -0.1) is 0 Å². The first-order valence-electron chi connectivity index (χ1n) is 20.9. The fourth-order valence-corrected chi connectivity index (χ4v) is 7.75. The van der Waals surface area contributed by atoms with E-state index >= 15 is 0 Å². The highest BCUT2D eigenvalue weighted by atomic mass is 16.9. The van der Waals surface area contributed by atoms with Crippen molar-refractivity contribution in [3.05, 3.63) is 108 Å². The Morgan fingerprint density at radius 1 is 0.590 bits per heavy atom. The number of Topliss-reactive ketones (excluding diaryl/α,β-unsaturated/α-hetero) is 1. The van der Waals surface area contributed by atoms with Crippen LogP contribution in [0.2, 0.25) is 0 Å². The third-order valence-corrected chi connectivity index (χ3v) is 10.8. The first kappa shape index (κ1) is 44.9. The second-order valence-electron chi connectivity index (χ2n) is 17.7. The zero-order chi connectivity index (χ0) is 43.4. The molecule has 4 heterocycles. The summed E-state index contributed by atoms with van der Waals surface area (Å²) in [4.78, 5) is 39.9. The van der Waals surface area contributed by atoms with Crippen molar-refractivity contribution in [1.82, 2.24) is 0 Å². The number of fused-ring (bicyclic) bond motifs is 3. The van der Waals surface area contributed by atoms with Crippen molar-refractivity contribution in [3.8, 4) is 0 Å². The van der Waals surface area contributed by atoms with Crippen LogP contribution in [0.5, 0.6) is 0 Å². The average molecular weight is 847 g/mol. The summed E-state index contributed by atoms with van der Waals surface area (Å²) in [5, 5.41) is 0. The SMILES string of the molecule is CC1(C)O[C@H]2[C@@H](O1)[C@@H](CO[C@@H]1O[C@H](COC(=O)CCC(=O)c3ccccc3)[C@@H](OCc3ccccc3)[C@H](OCc3ccccc3)[C@H]1OC(=O)C(C)(C)C)O[C@@H]1OC(C)(C)O[C@@H]12. The van der Waals surface area contributed by atoms with E-state index in [2.05, 4.69) is 0 Å². The van der Waals surface area contributed by atoms with Gasteiger partial charge >= 0.3 is 11.9 Å². The Labute approximate surface area is 357 Å². The molecule has 0 N–H and O–H groups in total. The summed E-state index contributed by atoms with van der Waals surface area (Å²) in [6, 6.07) is 27.9. The van der Waals surface area contributed by atoms with Crippen molar-refractivity contribution in [2.45, 2.75) is 148 Å². The molecule has 10 atom stereocenters. The van der Waals surface area contributed by atoms with Crippen molar-refractivity contribution >= 4 is 17.7 Å². The molecule has 14 heteroatoms. The van der Waals surface area contributed by atoms with Crippen LogP contribution in [-0.4, -0.2) is 104 Å². The Balaban J connectivity index is 1.17. The molecular weight excluding hydrogens is 789 g/mol. The van der Waals surface area contributed by atoms with Crippen molar-refractivity contribution in [2.75, 3.05) is 13.2 Å². The Morgan fingerprint density at radius 3 is 1.77 bits per heavy atom. The maximum atomic E-state index is 13.8. The largest absolute Gasteiger partial charge is 0.463 e. The molecule has 7 rings (SSSR count). The Kier molecular flexibility index (Phi) is 14.1. The molecule has 3 aromatic carbocycles. The number of carbonyl (C=O) groups excluding carboxylic acids is 3. The van der Waals surface area contributed by atoms with Gasteiger partial charge in [-0.3, -0.25) is 14.4 Å². The van der Waals surface area contributed by atoms with Gasteiger partial charge in [-0.25, -0.2) is 0 Å². The molecule has 0 saturated carbocycles. The number of hydrogen-bond donors (Lipinski definition) is 0. The Bertz CT molecular complexity index is 1920. The van der Waals surface area contributed by atoms with Gasteiger partial charge in [-0.2, -0.15) is 0 Å². The van der Waals surface area contributed by atoms with Gasteiger partial charge in [0.1, 0.15) is 49.3 Å². The molecule has 4 saturated heterocycles. The van der Waals surface area contributed by atoms with Gasteiger partial charge in [0, 0.05) is 12.0 Å². The fraction of sp³-hybridized carbons (Fsp3) is 0.553. The van der Waals surface area contributed by atoms with E-state index in [0.717, 1.165) is 11.1 Å². The summed E-state index contributed by atoms with van der Waals surface area (Å²) in [5.74, 6) is -3.19. The Hall–Kier alpha value is -4.09. The summed E-state index contributed by atoms with van der Waals surface area (Å²) < 4.78 is 70.2. The van der Waals surface area contributed by atoms with Crippen molar-refractivity contribution < 1.29 is 66.5 Å². The summed E-state index contributed by atoms with van der Waals surface area (Å²) in [6.07, 6.45) is -8.80. The van der Waals surface area contributed by atoms with Gasteiger partial charge in [0.15, 0.2) is 36.0 Å². The molecule has 61 heavy (non-hydrogen) atoms. The minimum atomic E-state index is -1.28. The average Bonchev–Trinajstić information content (AvgIpc) is 3.74. The minimum Gasteiger partial charge on any atom is -0.463 e. The fourth-order valence-electron chi connectivity index (χ4n) is 7.75. The van der Waals surface area contributed by atoms with Crippen molar-refractivity contribution in [1.29, 1.82) is 0 Å². The van der Waals surface area contributed by atoms with Crippen LogP contribution in [0, 0.1) is 5.41 Å². The molecule has 4 aliphatic rings. The molecule has 0 aliphatic carbocycles. The molecule has 3 aromatic rings. The molecule has 4 fully saturated rings. The second-order valence-corrected chi connectivity index (χ2v) is 17.7. The van der Waals surface area contributed by atoms with Gasteiger partial charge in [-0.1, -0.05) is 91.0 Å². The number of ketones is 1. The third kappa shape index (κ3) is 11.5. The number of rotatable bonds is 16. The van der Waals surface area contributed by atoms with E-state index in [0.29, 0.717) is 5.56 Å². The quantitative estimate of drug-likeness (QED) is 0.115. The zero-order valence-corrected chi connectivity index (χ0v) is 35.9. The highest BCUT2D eigenvalue weighted by Crippen LogP contribution is 2.44. The van der Waals surface area contributed by atoms with Crippen LogP contribution in [0.1, 0.15) is 82.8 Å². The van der Waals surface area contributed by atoms with Crippen LogP contribution in [-0.2, 0) is 74.9 Å². The second kappa shape index (κ2) is 19.1. The first-order chi connectivity index (χ1) is 29.0. The summed E-state index contributed by atoms with van der Waals surface area (Å²) in [5.41, 5.74) is 1.32. The third-order valence-electron chi connectivity index (χ3n) is 10.8. The zero-order valence-electron chi connectivity index (χ0n) is 35.9. The summed E-state index contributed by atoms with van der Waals surface area (Å²) in [7, 11) is 0. The van der Waals surface area contributed by atoms with Crippen molar-refractivity contribution in [3.63, 3.8) is 0 Å². The maximum Gasteiger partial charge on any atom is 0.311 e. The van der Waals surface area contributed by atoms with E-state index in [1.165, 1.54) is 0 Å². The lowest BCUT2D eigenvalue weighted by molar-refractivity contribution is -0.330. The van der Waals surface area contributed by atoms with Crippen LogP contribution < -0.4 is 0 Å². The maximum absolute atomic E-state index is 13.8. The van der Waals surface area contributed by atoms with E-state index in [1.807, 2.05) is 80.6 Å². The highest BCUT2D eigenvalue weighted by Gasteiger charge is 2.61. The summed E-state index contributed by atoms with van der Waals surface area (Å²) >= 11 is 0. The van der Waals surface area contributed by atoms with Gasteiger partial charge in [-0.05, 0) is 59.6 Å². The number of esters is 2. The topological polar surface area (TPSA) is 153 Å². The van der Waals surface area contributed by atoms with Gasteiger partial charge < -0.3 is 52.1 Å². The molecule has 0 amide bonds. The first-order valence-corrected chi connectivity index (χ1v) is 20.9. The van der Waals surface area contributed by atoms with E-state index in [-0.39, 0.29) is 45.1 Å². The van der Waals surface area contributed by atoms with Crippen LogP contribution in [0.15, 0.2) is 91.0 Å². The highest BCUT2D eigenvalue weighted by molar-refractivity contribution is 5.97. The van der Waals surface area contributed by atoms with Gasteiger partial charge in [0.25, 0.3) is 0 Å². The lowest BCUT2D eigenvalue weighted by Crippen LogP contribution is -2.63. The molecule has 0 unspecified atom stereocenters. The van der Waals surface area contributed by atoms with Crippen LogP contribution in [0.4, 0.5) is 0 Å². The van der Waals surface area contributed by atoms with Crippen molar-refractivity contribution in [2.24, 2.45) is 5.41 Å². The normalized spacial score (nSPS) is 30.2. The lowest BCUT2D eigenvalue weighted by atomic mass is 9.95. The summed E-state index contributed by atoms with van der Waals surface area (Å²) in [6.45, 7) is 12.3. The van der Waals surface area contributed by atoms with Gasteiger partial charge in [0.2, 0.25) is 0 Å². The molecular formula is C47H58O14. The number of hydrogen-bond acceptors (Lipinski definition) is 14. The number of benzene rings is 3. The van der Waals surface area contributed by atoms with Gasteiger partial charge in [0.05, 0.1) is 31.7 Å². The van der Waals surface area contributed by atoms with Crippen LogP contribution in [0.25, 0.3) is 0 Å². The molecule has 4 aliphatic heterocycles. The molecule has 330 valence electrons. The predicted molar refractivity (Wildman–Crippen MR) is 217 cm³/mol. The number of ether oxygens (including phenoxy) is 11. The molecule has 14 nitrogen and oxygen atoms in total. The minimum absolute atomic E-state index is 0.0401. The van der Waals surface area contributed by atoms with E-state index in [9.17, 15) is 14.4 Å².